The Balaban J connectivity index is 1.04. The summed E-state index contributed by atoms with van der Waals surface area (Å²) in [6, 6.07) is 95.0. The van der Waals surface area contributed by atoms with Crippen LogP contribution in [0.1, 0.15) is 22.3 Å². The van der Waals surface area contributed by atoms with Gasteiger partial charge in [0.15, 0.2) is 0 Å². The van der Waals surface area contributed by atoms with Crippen LogP contribution >= 0.6 is 0 Å². The molecule has 0 saturated carbocycles. The average molecular weight is 875 g/mol. The Morgan fingerprint density at radius 3 is 1.48 bits per heavy atom. The number of para-hydroxylation sites is 4. The van der Waals surface area contributed by atoms with Crippen LogP contribution in [-0.4, -0.2) is 4.57 Å². The van der Waals surface area contributed by atoms with Gasteiger partial charge in [-0.2, -0.15) is 0 Å². The molecular weight excluding hydrogens is 833 g/mol. The van der Waals surface area contributed by atoms with E-state index < -0.39 is 5.41 Å². The van der Waals surface area contributed by atoms with Crippen molar-refractivity contribution in [3.63, 3.8) is 0 Å². The first-order valence-corrected chi connectivity index (χ1v) is 24.0. The number of anilines is 3. The number of fused-ring (bicyclic) bond motifs is 18. The zero-order chi connectivity index (χ0) is 45.2. The lowest BCUT2D eigenvalue weighted by Gasteiger charge is -2.40. The summed E-state index contributed by atoms with van der Waals surface area (Å²) in [6.45, 7) is 0. The van der Waals surface area contributed by atoms with Gasteiger partial charge in [-0.05, 0) is 113 Å². The summed E-state index contributed by atoms with van der Waals surface area (Å²) in [5, 5.41) is 10.1. The van der Waals surface area contributed by atoms with E-state index in [1.165, 1.54) is 110 Å². The lowest BCUT2D eigenvalue weighted by molar-refractivity contribution is 0.749. The van der Waals surface area contributed by atoms with Crippen molar-refractivity contribution in [2.24, 2.45) is 0 Å². The first-order valence-electron chi connectivity index (χ1n) is 24.0. The maximum Gasteiger partial charge on any atom is 0.0754 e. The molecule has 2 nitrogen and oxygen atoms in total. The molecule has 15 rings (SSSR count). The summed E-state index contributed by atoms with van der Waals surface area (Å²) in [7, 11) is 0. The van der Waals surface area contributed by atoms with E-state index in [0.29, 0.717) is 0 Å². The molecular formula is C67H42N2. The van der Waals surface area contributed by atoms with E-state index in [2.05, 4.69) is 264 Å². The van der Waals surface area contributed by atoms with Crippen molar-refractivity contribution in [2.75, 3.05) is 4.90 Å². The maximum absolute atomic E-state index is 2.60. The quantitative estimate of drug-likeness (QED) is 0.156. The van der Waals surface area contributed by atoms with Gasteiger partial charge in [0.05, 0.1) is 27.8 Å². The van der Waals surface area contributed by atoms with Crippen LogP contribution in [0.3, 0.4) is 0 Å². The van der Waals surface area contributed by atoms with Crippen LogP contribution in [0.15, 0.2) is 255 Å². The Morgan fingerprint density at radius 1 is 0.290 bits per heavy atom. The second kappa shape index (κ2) is 14.5. The molecule has 69 heavy (non-hydrogen) atoms. The van der Waals surface area contributed by atoms with Crippen LogP contribution < -0.4 is 4.90 Å². The number of hydrogen-bond acceptors (Lipinski definition) is 1. The van der Waals surface area contributed by atoms with E-state index in [0.717, 1.165) is 22.6 Å². The van der Waals surface area contributed by atoms with Gasteiger partial charge in [0.2, 0.25) is 0 Å². The molecule has 13 aromatic rings. The van der Waals surface area contributed by atoms with Crippen molar-refractivity contribution in [3.8, 4) is 39.1 Å². The zero-order valence-electron chi connectivity index (χ0n) is 37.6. The number of aromatic nitrogens is 1. The van der Waals surface area contributed by atoms with Gasteiger partial charge in [-0.1, -0.05) is 218 Å². The highest BCUT2D eigenvalue weighted by Gasteiger charge is 2.51. The molecule has 0 N–H and O–H groups in total. The first-order chi connectivity index (χ1) is 34.3. The minimum atomic E-state index is -0.549. The highest BCUT2D eigenvalue weighted by molar-refractivity contribution is 6.26. The van der Waals surface area contributed by atoms with E-state index in [-0.39, 0.29) is 0 Å². The minimum Gasteiger partial charge on any atom is -0.310 e. The highest BCUT2D eigenvalue weighted by Crippen LogP contribution is 2.62. The number of hydrogen-bond donors (Lipinski definition) is 0. The topological polar surface area (TPSA) is 8.17 Å². The van der Waals surface area contributed by atoms with Gasteiger partial charge in [0.1, 0.15) is 0 Å². The molecule has 12 aromatic carbocycles. The Bertz CT molecular complexity index is 4170. The Kier molecular flexibility index (Phi) is 8.02. The van der Waals surface area contributed by atoms with Crippen LogP contribution in [0.25, 0.3) is 93.2 Å². The van der Waals surface area contributed by atoms with Gasteiger partial charge in [0.25, 0.3) is 0 Å². The average Bonchev–Trinajstić information content (AvgIpc) is 3.92. The fraction of sp³-hybridized carbons (Fsp3) is 0.0149. The number of rotatable bonds is 5. The molecule has 2 heterocycles. The second-order valence-electron chi connectivity index (χ2n) is 18.7. The van der Waals surface area contributed by atoms with Crippen LogP contribution in [-0.2, 0) is 5.41 Å². The Labute approximate surface area is 400 Å². The largest absolute Gasteiger partial charge is 0.310 e. The van der Waals surface area contributed by atoms with Crippen molar-refractivity contribution in [3.05, 3.63) is 277 Å². The normalized spacial score (nSPS) is 13.0. The summed E-state index contributed by atoms with van der Waals surface area (Å²) in [5.41, 5.74) is 19.0. The smallest absolute Gasteiger partial charge is 0.0754 e. The zero-order valence-corrected chi connectivity index (χ0v) is 37.6. The van der Waals surface area contributed by atoms with E-state index in [1.807, 2.05) is 0 Å². The fourth-order valence-electron chi connectivity index (χ4n) is 12.6. The van der Waals surface area contributed by atoms with Gasteiger partial charge in [-0.15, -0.1) is 0 Å². The third-order valence-corrected chi connectivity index (χ3v) is 15.4. The number of nitrogens with zero attached hydrogens (tertiary/aromatic N) is 2. The number of benzene rings is 12. The van der Waals surface area contributed by atoms with Crippen molar-refractivity contribution in [1.82, 2.24) is 4.57 Å². The molecule has 0 bridgehead atoms. The highest BCUT2D eigenvalue weighted by atomic mass is 15.1. The standard InChI is InChI=1S/C67H42N2/c1-2-18-43(19-3-1)44-36-38-45(39-37-44)68(46-40-41-51-49-22-5-4-20-47(49)48-21-6-7-23-50(48)58(51)42-46)63-34-14-10-26-54(63)56-28-16-32-61-65(56)69-64-35-15-11-27-55(64)57-29-17-33-62(66(57)69)67(61)59-30-12-8-24-52(59)53-25-9-13-31-60(53)67/h1-42H. The lowest BCUT2D eigenvalue weighted by atomic mass is 9.65. The Morgan fingerprint density at radius 2 is 0.768 bits per heavy atom. The minimum absolute atomic E-state index is 0.549. The van der Waals surface area contributed by atoms with Gasteiger partial charge >= 0.3 is 0 Å². The predicted molar refractivity (Wildman–Crippen MR) is 290 cm³/mol. The second-order valence-corrected chi connectivity index (χ2v) is 18.7. The SMILES string of the molecule is c1ccc(-c2ccc(N(c3ccc4c5ccccc5c5ccccc5c4c3)c3ccccc3-c3cccc4c3-n3c5ccccc5c5cccc(c53)C43c4ccccc4-c4ccccc43)cc2)cc1. The molecule has 1 spiro atoms. The first kappa shape index (κ1) is 38.2. The monoisotopic (exact) mass is 874 g/mol. The van der Waals surface area contributed by atoms with Gasteiger partial charge in [0, 0.05) is 33.3 Å². The summed E-state index contributed by atoms with van der Waals surface area (Å²) >= 11 is 0. The molecule has 0 unspecified atom stereocenters. The molecule has 1 aliphatic carbocycles. The van der Waals surface area contributed by atoms with Crippen LogP contribution in [0.4, 0.5) is 17.1 Å². The molecule has 1 aromatic heterocycles. The van der Waals surface area contributed by atoms with Crippen molar-refractivity contribution in [2.45, 2.75) is 5.41 Å². The fourth-order valence-corrected chi connectivity index (χ4v) is 12.6. The van der Waals surface area contributed by atoms with E-state index in [1.54, 1.807) is 0 Å². The van der Waals surface area contributed by atoms with Crippen molar-refractivity contribution < 1.29 is 0 Å². The van der Waals surface area contributed by atoms with Crippen molar-refractivity contribution in [1.29, 1.82) is 0 Å². The molecule has 1 aliphatic heterocycles. The molecule has 0 fully saturated rings. The van der Waals surface area contributed by atoms with Crippen LogP contribution in [0.5, 0.6) is 0 Å². The molecule has 2 aliphatic rings. The molecule has 0 saturated heterocycles. The molecule has 2 heteroatoms. The summed E-state index contributed by atoms with van der Waals surface area (Å²) in [6.07, 6.45) is 0. The van der Waals surface area contributed by atoms with E-state index in [9.17, 15) is 0 Å². The molecule has 0 atom stereocenters. The van der Waals surface area contributed by atoms with Gasteiger partial charge in [-0.3, -0.25) is 0 Å². The van der Waals surface area contributed by atoms with Gasteiger partial charge in [-0.25, -0.2) is 0 Å². The van der Waals surface area contributed by atoms with Crippen LogP contribution in [0.2, 0.25) is 0 Å². The summed E-state index contributed by atoms with van der Waals surface area (Å²) < 4.78 is 2.60. The third kappa shape index (κ3) is 5.20. The third-order valence-electron chi connectivity index (χ3n) is 15.4. The molecule has 0 radical (unpaired) electrons. The summed E-state index contributed by atoms with van der Waals surface area (Å²) in [4.78, 5) is 2.49. The van der Waals surface area contributed by atoms with Gasteiger partial charge < -0.3 is 9.47 Å². The van der Waals surface area contributed by atoms with E-state index >= 15 is 0 Å². The van der Waals surface area contributed by atoms with Crippen molar-refractivity contribution >= 4 is 71.2 Å². The van der Waals surface area contributed by atoms with Crippen LogP contribution in [0, 0.1) is 0 Å². The van der Waals surface area contributed by atoms with E-state index in [4.69, 9.17) is 0 Å². The lowest BCUT2D eigenvalue weighted by Crippen LogP contribution is -2.33. The molecule has 320 valence electrons. The maximum atomic E-state index is 2.60. The summed E-state index contributed by atoms with van der Waals surface area (Å²) in [5.74, 6) is 0. The Hall–Kier alpha value is -8.98. The molecule has 0 amide bonds. The predicted octanol–water partition coefficient (Wildman–Crippen LogP) is 17.7.